The normalized spacial score (nSPS) is 25.9. The molecule has 0 heterocycles. The van der Waals surface area contributed by atoms with Crippen LogP contribution in [-0.4, -0.2) is 41.3 Å². The first-order chi connectivity index (χ1) is 8.40. The highest BCUT2D eigenvalue weighted by atomic mass is 16.3. The molecule has 1 fully saturated rings. The van der Waals surface area contributed by atoms with Crippen LogP contribution < -0.4 is 5.32 Å². The molecule has 1 atom stereocenters. The summed E-state index contributed by atoms with van der Waals surface area (Å²) in [5.74, 6) is 0.597. The molecule has 0 aliphatic heterocycles. The predicted molar refractivity (Wildman–Crippen MR) is 73.5 cm³/mol. The van der Waals surface area contributed by atoms with Crippen LogP contribution in [0.15, 0.2) is 0 Å². The van der Waals surface area contributed by atoms with Crippen molar-refractivity contribution < 1.29 is 9.90 Å². The second-order valence-electron chi connectivity index (χ2n) is 6.04. The molecule has 4 heteroatoms. The van der Waals surface area contributed by atoms with Crippen LogP contribution >= 0.6 is 0 Å². The van der Waals surface area contributed by atoms with E-state index in [1.807, 2.05) is 7.05 Å². The SMILES string of the molecule is CC(C)C[C@@H](C)N(C)C(=O)NC1CCC(O)CC1. The van der Waals surface area contributed by atoms with Crippen LogP contribution in [0.2, 0.25) is 0 Å². The van der Waals surface area contributed by atoms with E-state index in [0.29, 0.717) is 5.92 Å². The van der Waals surface area contributed by atoms with Gasteiger partial charge in [0.15, 0.2) is 0 Å². The lowest BCUT2D eigenvalue weighted by molar-refractivity contribution is 0.114. The van der Waals surface area contributed by atoms with E-state index in [0.717, 1.165) is 32.1 Å². The van der Waals surface area contributed by atoms with Crippen molar-refractivity contribution in [3.63, 3.8) is 0 Å². The lowest BCUT2D eigenvalue weighted by atomic mass is 9.93. The summed E-state index contributed by atoms with van der Waals surface area (Å²) in [5.41, 5.74) is 0. The molecule has 0 aromatic carbocycles. The summed E-state index contributed by atoms with van der Waals surface area (Å²) in [6.07, 6.45) is 4.23. The molecule has 4 nitrogen and oxygen atoms in total. The van der Waals surface area contributed by atoms with Gasteiger partial charge < -0.3 is 15.3 Å². The number of amides is 2. The number of urea groups is 1. The average Bonchev–Trinajstić information content (AvgIpc) is 2.30. The Labute approximate surface area is 111 Å². The van der Waals surface area contributed by atoms with Gasteiger partial charge in [0.05, 0.1) is 6.10 Å². The quantitative estimate of drug-likeness (QED) is 0.811. The van der Waals surface area contributed by atoms with Gasteiger partial charge in [0.25, 0.3) is 0 Å². The van der Waals surface area contributed by atoms with E-state index in [4.69, 9.17) is 0 Å². The molecule has 0 saturated heterocycles. The molecule has 0 spiro atoms. The number of hydrogen-bond acceptors (Lipinski definition) is 2. The van der Waals surface area contributed by atoms with Crippen molar-refractivity contribution in [2.45, 2.75) is 71.1 Å². The van der Waals surface area contributed by atoms with Gasteiger partial charge in [-0.05, 0) is 44.9 Å². The molecule has 2 amide bonds. The van der Waals surface area contributed by atoms with Crippen molar-refractivity contribution in [2.24, 2.45) is 5.92 Å². The Balaban J connectivity index is 2.35. The van der Waals surface area contributed by atoms with Crippen LogP contribution in [0.25, 0.3) is 0 Å². The highest BCUT2D eigenvalue weighted by molar-refractivity contribution is 5.74. The van der Waals surface area contributed by atoms with Crippen molar-refractivity contribution in [1.82, 2.24) is 10.2 Å². The zero-order valence-corrected chi connectivity index (χ0v) is 12.1. The Bertz CT molecular complexity index is 261. The first-order valence-corrected chi connectivity index (χ1v) is 7.11. The second kappa shape index (κ2) is 6.98. The van der Waals surface area contributed by atoms with Crippen molar-refractivity contribution in [1.29, 1.82) is 0 Å². The van der Waals surface area contributed by atoms with E-state index in [9.17, 15) is 9.90 Å². The van der Waals surface area contributed by atoms with Crippen LogP contribution in [0.3, 0.4) is 0 Å². The lowest BCUT2D eigenvalue weighted by Gasteiger charge is -2.31. The maximum atomic E-state index is 12.1. The molecule has 1 aliphatic rings. The molecule has 0 unspecified atom stereocenters. The van der Waals surface area contributed by atoms with Crippen LogP contribution in [0, 0.1) is 5.92 Å². The Morgan fingerprint density at radius 2 is 1.83 bits per heavy atom. The standard InChI is InChI=1S/C14H28N2O2/c1-10(2)9-11(3)16(4)14(18)15-12-5-7-13(17)8-6-12/h10-13,17H,5-9H2,1-4H3,(H,15,18)/t11-,12?,13?/m1/s1. The minimum absolute atomic E-state index is 0.0181. The fourth-order valence-corrected chi connectivity index (χ4v) is 2.54. The number of hydrogen-bond donors (Lipinski definition) is 2. The van der Waals surface area contributed by atoms with Gasteiger partial charge in [-0.1, -0.05) is 13.8 Å². The molecule has 1 aliphatic carbocycles. The number of aliphatic hydroxyl groups is 1. The van der Waals surface area contributed by atoms with Gasteiger partial charge in [0.1, 0.15) is 0 Å². The summed E-state index contributed by atoms with van der Waals surface area (Å²) in [7, 11) is 1.86. The van der Waals surface area contributed by atoms with Crippen LogP contribution in [0.5, 0.6) is 0 Å². The molecule has 2 N–H and O–H groups in total. The average molecular weight is 256 g/mol. The van der Waals surface area contributed by atoms with Crippen LogP contribution in [-0.2, 0) is 0 Å². The Hall–Kier alpha value is -0.770. The zero-order chi connectivity index (χ0) is 13.7. The number of nitrogens with zero attached hydrogens (tertiary/aromatic N) is 1. The number of carbonyl (C=O) groups excluding carboxylic acids is 1. The molecule has 18 heavy (non-hydrogen) atoms. The summed E-state index contributed by atoms with van der Waals surface area (Å²) < 4.78 is 0. The highest BCUT2D eigenvalue weighted by Gasteiger charge is 2.23. The van der Waals surface area contributed by atoms with Gasteiger partial charge in [-0.25, -0.2) is 4.79 Å². The Kier molecular flexibility index (Phi) is 5.93. The third-order valence-corrected chi connectivity index (χ3v) is 3.82. The summed E-state index contributed by atoms with van der Waals surface area (Å²) in [5, 5.41) is 12.5. The van der Waals surface area contributed by atoms with E-state index < -0.39 is 0 Å². The minimum Gasteiger partial charge on any atom is -0.393 e. The third-order valence-electron chi connectivity index (χ3n) is 3.82. The first-order valence-electron chi connectivity index (χ1n) is 7.11. The van der Waals surface area contributed by atoms with Gasteiger partial charge in [0, 0.05) is 19.1 Å². The fraction of sp³-hybridized carbons (Fsp3) is 0.929. The zero-order valence-electron chi connectivity index (χ0n) is 12.1. The van der Waals surface area contributed by atoms with E-state index in [2.05, 4.69) is 26.1 Å². The first kappa shape index (κ1) is 15.3. The number of rotatable bonds is 4. The van der Waals surface area contributed by atoms with Crippen molar-refractivity contribution in [3.8, 4) is 0 Å². The maximum absolute atomic E-state index is 12.1. The van der Waals surface area contributed by atoms with Crippen molar-refractivity contribution in [3.05, 3.63) is 0 Å². The number of nitrogens with one attached hydrogen (secondary N) is 1. The smallest absolute Gasteiger partial charge is 0.317 e. The molecule has 106 valence electrons. The van der Waals surface area contributed by atoms with E-state index in [-0.39, 0.29) is 24.2 Å². The molecule has 0 radical (unpaired) electrons. The molecular formula is C14H28N2O2. The van der Waals surface area contributed by atoms with E-state index in [1.165, 1.54) is 0 Å². The molecule has 1 saturated carbocycles. The van der Waals surface area contributed by atoms with Crippen molar-refractivity contribution >= 4 is 6.03 Å². The highest BCUT2D eigenvalue weighted by Crippen LogP contribution is 2.19. The monoisotopic (exact) mass is 256 g/mol. The maximum Gasteiger partial charge on any atom is 0.317 e. The van der Waals surface area contributed by atoms with Crippen LogP contribution in [0.1, 0.15) is 52.9 Å². The second-order valence-corrected chi connectivity index (χ2v) is 6.04. The van der Waals surface area contributed by atoms with Gasteiger partial charge in [-0.15, -0.1) is 0 Å². The summed E-state index contributed by atoms with van der Waals surface area (Å²) in [6, 6.07) is 0.512. The number of carbonyl (C=O) groups is 1. The molecule has 0 aromatic heterocycles. The Morgan fingerprint density at radius 1 is 1.28 bits per heavy atom. The molecule has 0 aromatic rings. The minimum atomic E-state index is -0.171. The van der Waals surface area contributed by atoms with E-state index in [1.54, 1.807) is 4.90 Å². The van der Waals surface area contributed by atoms with Crippen LogP contribution in [0.4, 0.5) is 4.79 Å². The summed E-state index contributed by atoms with van der Waals surface area (Å²) in [6.45, 7) is 6.43. The predicted octanol–water partition coefficient (Wildman–Crippen LogP) is 2.37. The summed E-state index contributed by atoms with van der Waals surface area (Å²) in [4.78, 5) is 13.9. The molecular weight excluding hydrogens is 228 g/mol. The fourth-order valence-electron chi connectivity index (χ4n) is 2.54. The summed E-state index contributed by atoms with van der Waals surface area (Å²) >= 11 is 0. The Morgan fingerprint density at radius 3 is 2.33 bits per heavy atom. The topological polar surface area (TPSA) is 52.6 Å². The van der Waals surface area contributed by atoms with Gasteiger partial charge >= 0.3 is 6.03 Å². The van der Waals surface area contributed by atoms with Gasteiger partial charge in [-0.3, -0.25) is 0 Å². The molecule has 1 rings (SSSR count). The van der Waals surface area contributed by atoms with Gasteiger partial charge in [0.2, 0.25) is 0 Å². The van der Waals surface area contributed by atoms with E-state index >= 15 is 0 Å². The number of aliphatic hydroxyl groups excluding tert-OH is 1. The van der Waals surface area contributed by atoms with Gasteiger partial charge in [-0.2, -0.15) is 0 Å². The largest absolute Gasteiger partial charge is 0.393 e. The molecule has 0 bridgehead atoms. The third kappa shape index (κ3) is 4.84. The van der Waals surface area contributed by atoms with Crippen molar-refractivity contribution in [2.75, 3.05) is 7.05 Å². The lowest BCUT2D eigenvalue weighted by Crippen LogP contribution is -2.48.